The highest BCUT2D eigenvalue weighted by Crippen LogP contribution is 2.43. The minimum Gasteiger partial charge on any atom is -0.0826 e. The Morgan fingerprint density at radius 3 is 0.660 bits per heavy atom. The Labute approximate surface area is 285 Å². The van der Waals surface area contributed by atoms with Crippen LogP contribution in [0.1, 0.15) is 50.1 Å². The van der Waals surface area contributed by atoms with Crippen molar-refractivity contribution in [2.24, 2.45) is 0 Å². The molecule has 0 atom stereocenters. The van der Waals surface area contributed by atoms with Crippen LogP contribution in [-0.4, -0.2) is 0 Å². The van der Waals surface area contributed by atoms with E-state index >= 15 is 0 Å². The molecule has 0 unspecified atom stereocenters. The van der Waals surface area contributed by atoms with Crippen LogP contribution in [0.3, 0.4) is 0 Å². The summed E-state index contributed by atoms with van der Waals surface area (Å²) in [6.45, 7) is 6.34. The largest absolute Gasteiger partial charge is 0.0826 e. The van der Waals surface area contributed by atoms with E-state index in [4.69, 9.17) is 11.8 Å². The van der Waals surface area contributed by atoms with Gasteiger partial charge in [0.2, 0.25) is 0 Å². The standard InChI is InChI=1S/C45H39PS/c1-34-4-10-37(11-5-34)16-19-40-22-28-43(29-23-40)46(47,44-30-24-41(25-31-44)20-17-38-12-6-35(2)7-13-38)45-32-26-42(27-33-45)21-18-39-14-8-36(3)9-15-39/h4-33H,1-3H3/b19-16+,20-17+,21-18+. The predicted octanol–water partition coefficient (Wildman–Crippen LogP) is 10.9. The van der Waals surface area contributed by atoms with E-state index < -0.39 is 6.04 Å². The first kappa shape index (κ1) is 32.1. The van der Waals surface area contributed by atoms with Crippen LogP contribution in [0.15, 0.2) is 146 Å². The lowest BCUT2D eigenvalue weighted by Gasteiger charge is -2.24. The van der Waals surface area contributed by atoms with Gasteiger partial charge in [-0.25, -0.2) is 0 Å². The van der Waals surface area contributed by atoms with Gasteiger partial charge in [0, 0.05) is 6.04 Å². The molecule has 0 nitrogen and oxygen atoms in total. The Morgan fingerprint density at radius 1 is 0.298 bits per heavy atom. The predicted molar refractivity (Wildman–Crippen MR) is 213 cm³/mol. The van der Waals surface area contributed by atoms with E-state index in [2.05, 4.69) is 203 Å². The Kier molecular flexibility index (Phi) is 10.1. The molecule has 0 spiro atoms. The summed E-state index contributed by atoms with van der Waals surface area (Å²) in [6.07, 6.45) is 13.0. The number of hydrogen-bond donors (Lipinski definition) is 0. The van der Waals surface area contributed by atoms with Gasteiger partial charge in [0.15, 0.2) is 0 Å². The van der Waals surface area contributed by atoms with E-state index in [1.165, 1.54) is 49.3 Å². The highest BCUT2D eigenvalue weighted by Gasteiger charge is 2.24. The number of rotatable bonds is 9. The Balaban J connectivity index is 1.31. The molecule has 6 aromatic rings. The van der Waals surface area contributed by atoms with Crippen LogP contribution < -0.4 is 15.9 Å². The van der Waals surface area contributed by atoms with E-state index in [0.717, 1.165) is 16.7 Å². The lowest BCUT2D eigenvalue weighted by atomic mass is 10.1. The lowest BCUT2D eigenvalue weighted by Crippen LogP contribution is -2.24. The molecule has 0 heterocycles. The molecule has 0 radical (unpaired) electrons. The van der Waals surface area contributed by atoms with Gasteiger partial charge in [-0.1, -0.05) is 211 Å². The minimum atomic E-state index is -2.32. The molecule has 0 amide bonds. The zero-order valence-electron chi connectivity index (χ0n) is 27.2. The van der Waals surface area contributed by atoms with E-state index in [1.54, 1.807) is 0 Å². The number of aryl methyl sites for hydroxylation is 3. The smallest absolute Gasteiger partial charge is 0.0379 e. The second kappa shape index (κ2) is 14.7. The van der Waals surface area contributed by atoms with Crippen molar-refractivity contribution in [2.45, 2.75) is 20.8 Å². The van der Waals surface area contributed by atoms with Crippen LogP contribution in [0.2, 0.25) is 0 Å². The normalized spacial score (nSPS) is 12.0. The highest BCUT2D eigenvalue weighted by atomic mass is 32.4. The summed E-state index contributed by atoms with van der Waals surface area (Å²) in [6, 6.07) is 50.0. The molecule has 0 bridgehead atoms. The maximum absolute atomic E-state index is 6.75. The summed E-state index contributed by atoms with van der Waals surface area (Å²) in [5, 5.41) is 3.56. The summed E-state index contributed by atoms with van der Waals surface area (Å²) >= 11 is 6.75. The van der Waals surface area contributed by atoms with Gasteiger partial charge >= 0.3 is 0 Å². The quantitative estimate of drug-likeness (QED) is 0.112. The van der Waals surface area contributed by atoms with Crippen molar-refractivity contribution in [3.8, 4) is 0 Å². The van der Waals surface area contributed by atoms with Crippen LogP contribution in [0.25, 0.3) is 36.5 Å². The number of hydrogen-bond acceptors (Lipinski definition) is 1. The molecule has 6 aromatic carbocycles. The fourth-order valence-corrected chi connectivity index (χ4v) is 9.14. The molecule has 0 aliphatic rings. The average Bonchev–Trinajstić information content (AvgIpc) is 3.11. The Bertz CT molecular complexity index is 1820. The summed E-state index contributed by atoms with van der Waals surface area (Å²) in [4.78, 5) is 0. The van der Waals surface area contributed by atoms with Gasteiger partial charge in [0.1, 0.15) is 0 Å². The van der Waals surface area contributed by atoms with Gasteiger partial charge in [0.05, 0.1) is 0 Å². The molecule has 0 saturated heterocycles. The van der Waals surface area contributed by atoms with Crippen molar-refractivity contribution in [1.29, 1.82) is 0 Å². The molecular formula is C45H39PS. The van der Waals surface area contributed by atoms with Gasteiger partial charge in [-0.15, -0.1) is 0 Å². The third kappa shape index (κ3) is 8.13. The zero-order valence-corrected chi connectivity index (χ0v) is 28.9. The third-order valence-corrected chi connectivity index (χ3v) is 13.4. The summed E-state index contributed by atoms with van der Waals surface area (Å²) in [7, 11) is 0. The summed E-state index contributed by atoms with van der Waals surface area (Å²) in [5.41, 5.74) is 10.8. The second-order valence-corrected chi connectivity index (χ2v) is 16.5. The van der Waals surface area contributed by atoms with E-state index in [0.29, 0.717) is 0 Å². The fraction of sp³-hybridized carbons (Fsp3) is 0.0667. The SMILES string of the molecule is Cc1ccc(/C=C/c2ccc(P(=S)(c3ccc(/C=C/c4ccc(C)cc4)cc3)c3ccc(/C=C/c4ccc(C)cc4)cc3)cc2)cc1. The maximum atomic E-state index is 6.75. The average molecular weight is 643 g/mol. The fourth-order valence-electron chi connectivity index (χ4n) is 5.44. The minimum absolute atomic E-state index is 1.16. The molecule has 0 fully saturated rings. The molecule has 0 aromatic heterocycles. The van der Waals surface area contributed by atoms with Crippen LogP contribution >= 0.6 is 6.04 Å². The lowest BCUT2D eigenvalue weighted by molar-refractivity contribution is 1.46. The van der Waals surface area contributed by atoms with Crippen LogP contribution in [0.4, 0.5) is 0 Å². The molecule has 0 aliphatic carbocycles. The second-order valence-electron chi connectivity index (χ2n) is 12.1. The van der Waals surface area contributed by atoms with Crippen LogP contribution in [0.5, 0.6) is 0 Å². The Morgan fingerprint density at radius 2 is 0.468 bits per heavy atom. The molecule has 230 valence electrons. The van der Waals surface area contributed by atoms with Crippen LogP contribution in [0, 0.1) is 20.8 Å². The summed E-state index contributed by atoms with van der Waals surface area (Å²) < 4.78 is 0. The van der Waals surface area contributed by atoms with Crippen molar-refractivity contribution >= 4 is 70.2 Å². The van der Waals surface area contributed by atoms with Crippen molar-refractivity contribution in [3.05, 3.63) is 196 Å². The molecule has 0 aliphatic heterocycles. The van der Waals surface area contributed by atoms with Crippen molar-refractivity contribution in [1.82, 2.24) is 0 Å². The topological polar surface area (TPSA) is 0 Å². The molecule has 0 N–H and O–H groups in total. The molecule has 6 rings (SSSR count). The maximum Gasteiger partial charge on any atom is 0.0379 e. The van der Waals surface area contributed by atoms with Crippen molar-refractivity contribution in [2.75, 3.05) is 0 Å². The first-order valence-electron chi connectivity index (χ1n) is 16.0. The van der Waals surface area contributed by atoms with Crippen molar-refractivity contribution in [3.63, 3.8) is 0 Å². The van der Waals surface area contributed by atoms with Gasteiger partial charge in [-0.2, -0.15) is 0 Å². The molecule has 0 saturated carbocycles. The number of benzene rings is 6. The van der Waals surface area contributed by atoms with E-state index in [-0.39, 0.29) is 0 Å². The monoisotopic (exact) mass is 642 g/mol. The highest BCUT2D eigenvalue weighted by molar-refractivity contribution is 8.25. The van der Waals surface area contributed by atoms with E-state index in [9.17, 15) is 0 Å². The van der Waals surface area contributed by atoms with Crippen molar-refractivity contribution < 1.29 is 0 Å². The zero-order chi connectivity index (χ0) is 32.6. The molecule has 47 heavy (non-hydrogen) atoms. The van der Waals surface area contributed by atoms with Gasteiger partial charge in [0.25, 0.3) is 0 Å². The first-order valence-corrected chi connectivity index (χ1v) is 18.8. The van der Waals surface area contributed by atoms with E-state index in [1.807, 2.05) is 0 Å². The van der Waals surface area contributed by atoms with Gasteiger partial charge in [-0.3, -0.25) is 0 Å². The molecule has 2 heteroatoms. The van der Waals surface area contributed by atoms with Crippen LogP contribution in [-0.2, 0) is 11.8 Å². The van der Waals surface area contributed by atoms with Gasteiger partial charge < -0.3 is 0 Å². The first-order chi connectivity index (χ1) is 22.8. The molecular weight excluding hydrogens is 604 g/mol. The third-order valence-electron chi connectivity index (χ3n) is 8.41. The Hall–Kier alpha value is -4.81. The van der Waals surface area contributed by atoms with Gasteiger partial charge in [-0.05, 0) is 70.1 Å². The summed E-state index contributed by atoms with van der Waals surface area (Å²) in [5.74, 6) is 0.